The zero-order valence-corrected chi connectivity index (χ0v) is 18.2. The summed E-state index contributed by atoms with van der Waals surface area (Å²) in [7, 11) is 0. The van der Waals surface area contributed by atoms with Crippen molar-refractivity contribution in [3.63, 3.8) is 0 Å². The van der Waals surface area contributed by atoms with Crippen LogP contribution in [0.25, 0.3) is 0 Å². The van der Waals surface area contributed by atoms with Crippen molar-refractivity contribution in [2.24, 2.45) is 10.9 Å². The largest absolute Gasteiger partial charge is 0.383 e. The number of likely N-dealkylation sites (N-methyl/N-ethyl adjacent to an activating group) is 1. The maximum Gasteiger partial charge on any atom is 0.191 e. The molecule has 1 aromatic heterocycles. The molecular weight excluding hydrogens is 358 g/mol. The quantitative estimate of drug-likeness (QED) is 0.439. The van der Waals surface area contributed by atoms with E-state index in [-0.39, 0.29) is 0 Å². The highest BCUT2D eigenvalue weighted by molar-refractivity contribution is 7.10. The molecule has 27 heavy (non-hydrogen) atoms. The summed E-state index contributed by atoms with van der Waals surface area (Å²) in [6, 6.07) is 3.92. The molecule has 2 heterocycles. The van der Waals surface area contributed by atoms with Crippen molar-refractivity contribution in [3.8, 4) is 0 Å². The second-order valence-electron chi connectivity index (χ2n) is 7.67. The van der Waals surface area contributed by atoms with Crippen molar-refractivity contribution in [2.75, 3.05) is 58.9 Å². The Bertz CT molecular complexity index is 553. The second kappa shape index (κ2) is 11.0. The molecule has 2 unspecified atom stereocenters. The van der Waals surface area contributed by atoms with Gasteiger partial charge >= 0.3 is 0 Å². The minimum absolute atomic E-state index is 0.343. The Balaban J connectivity index is 1.79. The van der Waals surface area contributed by atoms with Gasteiger partial charge in [-0.05, 0) is 37.8 Å². The summed E-state index contributed by atoms with van der Waals surface area (Å²) in [5.41, 5.74) is -0.929. The molecule has 2 rings (SSSR count). The average Bonchev–Trinajstić information content (AvgIpc) is 3.20. The van der Waals surface area contributed by atoms with Gasteiger partial charge in [-0.25, -0.2) is 4.99 Å². The number of guanidine groups is 1. The fraction of sp³-hybridized carbons (Fsp3) is 0.750. The average molecular weight is 396 g/mol. The first-order valence-electron chi connectivity index (χ1n) is 10.2. The zero-order valence-electron chi connectivity index (χ0n) is 17.4. The van der Waals surface area contributed by atoms with Crippen LogP contribution in [-0.2, 0) is 5.60 Å². The fourth-order valence-electron chi connectivity index (χ4n) is 3.30. The summed E-state index contributed by atoms with van der Waals surface area (Å²) in [4.78, 5) is 10.6. The molecule has 2 atom stereocenters. The number of aliphatic imine (C=N–C) groups is 1. The van der Waals surface area contributed by atoms with Crippen LogP contribution in [0.2, 0.25) is 0 Å². The van der Waals surface area contributed by atoms with E-state index in [9.17, 15) is 5.11 Å². The first kappa shape index (κ1) is 22.1. The lowest BCUT2D eigenvalue weighted by molar-refractivity contribution is 0.0711. The van der Waals surface area contributed by atoms with E-state index >= 15 is 0 Å². The third-order valence-electron chi connectivity index (χ3n) is 5.04. The normalized spacial score (nSPS) is 20.3. The number of rotatable bonds is 9. The number of nitrogens with one attached hydrogen (secondary N) is 2. The Labute approximate surface area is 168 Å². The number of aliphatic hydroxyl groups is 1. The van der Waals surface area contributed by atoms with E-state index in [2.05, 4.69) is 46.2 Å². The van der Waals surface area contributed by atoms with Gasteiger partial charge in [-0.1, -0.05) is 19.9 Å². The Kier molecular flexibility index (Phi) is 9.02. The van der Waals surface area contributed by atoms with Gasteiger partial charge < -0.3 is 25.5 Å². The second-order valence-corrected chi connectivity index (χ2v) is 8.61. The molecule has 0 saturated carbocycles. The van der Waals surface area contributed by atoms with Crippen LogP contribution in [0.5, 0.6) is 0 Å². The van der Waals surface area contributed by atoms with Crippen LogP contribution in [0.3, 0.4) is 0 Å². The third kappa shape index (κ3) is 7.41. The Hall–Kier alpha value is -1.15. The van der Waals surface area contributed by atoms with E-state index in [1.807, 2.05) is 24.4 Å². The van der Waals surface area contributed by atoms with Gasteiger partial charge in [0.15, 0.2) is 5.96 Å². The first-order valence-corrected chi connectivity index (χ1v) is 11.1. The van der Waals surface area contributed by atoms with E-state index in [1.54, 1.807) is 11.3 Å². The fourth-order valence-corrected chi connectivity index (χ4v) is 4.08. The minimum Gasteiger partial charge on any atom is -0.383 e. The van der Waals surface area contributed by atoms with Gasteiger partial charge in [0.1, 0.15) is 5.60 Å². The van der Waals surface area contributed by atoms with E-state index in [1.165, 1.54) is 13.1 Å². The molecule has 0 aromatic carbocycles. The molecule has 0 bridgehead atoms. The van der Waals surface area contributed by atoms with Gasteiger partial charge in [0.05, 0.1) is 6.54 Å². The van der Waals surface area contributed by atoms with Crippen molar-refractivity contribution in [1.29, 1.82) is 0 Å². The molecule has 0 spiro atoms. The molecule has 6 nitrogen and oxygen atoms in total. The molecular formula is C20H37N5OS. The Morgan fingerprint density at radius 1 is 1.26 bits per heavy atom. The number of nitrogens with zero attached hydrogens (tertiary/aromatic N) is 3. The molecule has 1 aliphatic heterocycles. The molecule has 0 amide bonds. The molecule has 1 fully saturated rings. The highest BCUT2D eigenvalue weighted by atomic mass is 32.1. The number of hydrogen-bond donors (Lipinski definition) is 3. The molecule has 154 valence electrons. The lowest BCUT2D eigenvalue weighted by atomic mass is 10.1. The SMILES string of the molecule is CCNC(=NCC(C)(O)c1cccs1)NCC(C)CN1CCN(CC)CC1. The standard InChI is InChI=1S/C20H37N5OS/c1-5-21-19(23-16-20(4,26)18-8-7-13-27-18)22-14-17(3)15-25-11-9-24(6-2)10-12-25/h7-8,13,17,26H,5-6,9-12,14-16H2,1-4H3,(H2,21,22,23). The monoisotopic (exact) mass is 395 g/mol. The summed E-state index contributed by atoms with van der Waals surface area (Å²) in [5.74, 6) is 1.32. The van der Waals surface area contributed by atoms with Crippen LogP contribution in [0.15, 0.2) is 22.5 Å². The van der Waals surface area contributed by atoms with Gasteiger partial charge in [-0.15, -0.1) is 11.3 Å². The van der Waals surface area contributed by atoms with Crippen molar-refractivity contribution in [1.82, 2.24) is 20.4 Å². The Morgan fingerprint density at radius 2 is 1.96 bits per heavy atom. The van der Waals surface area contributed by atoms with Crippen LogP contribution < -0.4 is 10.6 Å². The van der Waals surface area contributed by atoms with Crippen LogP contribution in [0.4, 0.5) is 0 Å². The lowest BCUT2D eigenvalue weighted by Crippen LogP contribution is -2.48. The predicted octanol–water partition coefficient (Wildman–Crippen LogP) is 1.78. The molecule has 0 aliphatic carbocycles. The van der Waals surface area contributed by atoms with Crippen molar-refractivity contribution < 1.29 is 5.11 Å². The van der Waals surface area contributed by atoms with Gasteiger partial charge in [0.2, 0.25) is 0 Å². The minimum atomic E-state index is -0.929. The molecule has 0 radical (unpaired) electrons. The van der Waals surface area contributed by atoms with Crippen molar-refractivity contribution in [2.45, 2.75) is 33.3 Å². The molecule has 1 saturated heterocycles. The zero-order chi connectivity index (χ0) is 19.7. The highest BCUT2D eigenvalue weighted by Gasteiger charge is 2.24. The number of thiophene rings is 1. The summed E-state index contributed by atoms with van der Waals surface area (Å²) in [5, 5.41) is 19.4. The molecule has 3 N–H and O–H groups in total. The molecule has 7 heteroatoms. The summed E-state index contributed by atoms with van der Waals surface area (Å²) >= 11 is 1.57. The van der Waals surface area contributed by atoms with Gasteiger partial charge in [0.25, 0.3) is 0 Å². The van der Waals surface area contributed by atoms with Gasteiger partial charge in [-0.2, -0.15) is 0 Å². The summed E-state index contributed by atoms with van der Waals surface area (Å²) in [6.07, 6.45) is 0. The van der Waals surface area contributed by atoms with Crippen molar-refractivity contribution in [3.05, 3.63) is 22.4 Å². The third-order valence-corrected chi connectivity index (χ3v) is 6.16. The number of piperazine rings is 1. The lowest BCUT2D eigenvalue weighted by Gasteiger charge is -2.35. The highest BCUT2D eigenvalue weighted by Crippen LogP contribution is 2.25. The van der Waals surface area contributed by atoms with Crippen LogP contribution in [-0.4, -0.2) is 79.8 Å². The van der Waals surface area contributed by atoms with E-state index in [4.69, 9.17) is 0 Å². The summed E-state index contributed by atoms with van der Waals surface area (Å²) in [6.45, 7) is 17.4. The van der Waals surface area contributed by atoms with Gasteiger partial charge in [0, 0.05) is 50.7 Å². The smallest absolute Gasteiger partial charge is 0.191 e. The van der Waals surface area contributed by atoms with Crippen LogP contribution >= 0.6 is 11.3 Å². The van der Waals surface area contributed by atoms with Crippen LogP contribution in [0.1, 0.15) is 32.6 Å². The first-order chi connectivity index (χ1) is 12.9. The molecule has 1 aromatic rings. The van der Waals surface area contributed by atoms with Gasteiger partial charge in [-0.3, -0.25) is 0 Å². The van der Waals surface area contributed by atoms with Crippen LogP contribution in [0, 0.1) is 5.92 Å². The Morgan fingerprint density at radius 3 is 2.56 bits per heavy atom. The molecule has 1 aliphatic rings. The maximum absolute atomic E-state index is 10.7. The number of hydrogen-bond acceptors (Lipinski definition) is 5. The van der Waals surface area contributed by atoms with E-state index in [0.29, 0.717) is 12.5 Å². The predicted molar refractivity (Wildman–Crippen MR) is 116 cm³/mol. The van der Waals surface area contributed by atoms with E-state index in [0.717, 1.165) is 50.1 Å². The van der Waals surface area contributed by atoms with Crippen molar-refractivity contribution >= 4 is 17.3 Å². The maximum atomic E-state index is 10.7. The summed E-state index contributed by atoms with van der Waals surface area (Å²) < 4.78 is 0. The topological polar surface area (TPSA) is 63.1 Å². The van der Waals surface area contributed by atoms with E-state index < -0.39 is 5.60 Å².